The van der Waals surface area contributed by atoms with E-state index in [9.17, 15) is 0 Å². The van der Waals surface area contributed by atoms with Crippen molar-refractivity contribution >= 4 is 49.1 Å². The standard InChI is InChI=1S/C44H32N4O.Pt/c1-43(2)35-17-12-16-33-30-22-20-28(25-34(30)42-46-39(27-13-6-5-7-14-27)41(44(43,3)4)48(42)40(33)35)49-29-21-23-32-31-15-8-9-18-36(31)47(37(32)26-29)38-19-10-11-24-45-38;/h5-24H,1-4H3;/q-2;+2. The third-order valence-corrected chi connectivity index (χ3v) is 11.1. The summed E-state index contributed by atoms with van der Waals surface area (Å²) < 4.78 is 11.1. The molecule has 5 nitrogen and oxygen atoms in total. The summed E-state index contributed by atoms with van der Waals surface area (Å²) in [6, 6.07) is 47.1. The molecule has 5 heterocycles. The van der Waals surface area contributed by atoms with E-state index in [-0.39, 0.29) is 31.9 Å². The van der Waals surface area contributed by atoms with Gasteiger partial charge in [-0.15, -0.1) is 29.7 Å². The van der Waals surface area contributed by atoms with Crippen LogP contribution in [0, 0.1) is 12.1 Å². The van der Waals surface area contributed by atoms with Crippen molar-refractivity contribution in [2.45, 2.75) is 38.5 Å². The molecule has 1 aliphatic heterocycles. The number of para-hydroxylation sites is 2. The second kappa shape index (κ2) is 10.9. The van der Waals surface area contributed by atoms with E-state index in [1.165, 1.54) is 22.2 Å². The van der Waals surface area contributed by atoms with E-state index in [2.05, 4.69) is 139 Å². The number of fused-ring (bicyclic) bond motifs is 6. The van der Waals surface area contributed by atoms with Crippen LogP contribution in [0.5, 0.6) is 11.5 Å². The Morgan fingerprint density at radius 1 is 0.640 bits per heavy atom. The average molecular weight is 828 g/mol. The summed E-state index contributed by atoms with van der Waals surface area (Å²) in [5, 5.41) is 5.48. The summed E-state index contributed by atoms with van der Waals surface area (Å²) in [7, 11) is 0. The quantitative estimate of drug-likeness (QED) is 0.131. The molecule has 0 unspecified atom stereocenters. The van der Waals surface area contributed by atoms with Crippen molar-refractivity contribution in [2.75, 3.05) is 0 Å². The van der Waals surface area contributed by atoms with E-state index in [1.54, 1.807) is 0 Å². The maximum atomic E-state index is 6.59. The molecule has 0 bridgehead atoms. The molecule has 0 N–H and O–H groups in total. The number of hydrogen-bond acceptors (Lipinski definition) is 3. The topological polar surface area (TPSA) is 44.3 Å². The Hall–Kier alpha value is -5.25. The maximum Gasteiger partial charge on any atom is 2.00 e. The van der Waals surface area contributed by atoms with Gasteiger partial charge in [-0.05, 0) is 34.5 Å². The number of nitrogens with zero attached hydrogens (tertiary/aromatic N) is 4. The second-order valence-corrected chi connectivity index (χ2v) is 14.1. The van der Waals surface area contributed by atoms with Crippen molar-refractivity contribution < 1.29 is 25.8 Å². The molecule has 10 rings (SSSR count). The Balaban J connectivity index is 0.00000336. The smallest absolute Gasteiger partial charge is 0.503 e. The molecule has 0 saturated carbocycles. The van der Waals surface area contributed by atoms with Gasteiger partial charge in [-0.25, -0.2) is 4.98 Å². The number of benzene rings is 5. The van der Waals surface area contributed by atoms with Gasteiger partial charge in [0.15, 0.2) is 0 Å². The minimum Gasteiger partial charge on any atom is -0.503 e. The van der Waals surface area contributed by atoms with Crippen molar-refractivity contribution in [1.29, 1.82) is 0 Å². The minimum atomic E-state index is -0.211. The van der Waals surface area contributed by atoms with Crippen LogP contribution in [-0.2, 0) is 31.9 Å². The second-order valence-electron chi connectivity index (χ2n) is 14.1. The van der Waals surface area contributed by atoms with Crippen molar-refractivity contribution in [2.24, 2.45) is 0 Å². The number of ether oxygens (including phenoxy) is 1. The van der Waals surface area contributed by atoms with Gasteiger partial charge in [0.25, 0.3) is 0 Å². The molecular formula is C44H32N4OPt. The molecule has 50 heavy (non-hydrogen) atoms. The largest absolute Gasteiger partial charge is 2.00 e. The number of hydrogen-bond donors (Lipinski definition) is 0. The summed E-state index contributed by atoms with van der Waals surface area (Å²) in [6.45, 7) is 9.45. The van der Waals surface area contributed by atoms with Crippen LogP contribution in [0.3, 0.4) is 0 Å². The van der Waals surface area contributed by atoms with Crippen LogP contribution >= 0.6 is 0 Å². The zero-order valence-corrected chi connectivity index (χ0v) is 30.3. The molecular weight excluding hydrogens is 796 g/mol. The first kappa shape index (κ1) is 30.8. The van der Waals surface area contributed by atoms with Crippen LogP contribution in [0.15, 0.2) is 121 Å². The first-order valence-electron chi connectivity index (χ1n) is 16.8. The van der Waals surface area contributed by atoms with Gasteiger partial charge in [0.2, 0.25) is 0 Å². The van der Waals surface area contributed by atoms with Crippen LogP contribution in [0.2, 0.25) is 0 Å². The molecule has 4 aromatic heterocycles. The van der Waals surface area contributed by atoms with Crippen LogP contribution < -0.4 is 4.74 Å². The molecule has 0 atom stereocenters. The summed E-state index contributed by atoms with van der Waals surface area (Å²) in [5.74, 6) is 2.06. The van der Waals surface area contributed by atoms with E-state index in [0.29, 0.717) is 11.5 Å². The Morgan fingerprint density at radius 2 is 1.36 bits per heavy atom. The fraction of sp³-hybridized carbons (Fsp3) is 0.136. The van der Waals surface area contributed by atoms with Crippen molar-refractivity contribution in [3.05, 3.63) is 145 Å². The summed E-state index contributed by atoms with van der Waals surface area (Å²) in [6.07, 6.45) is 1.82. The minimum absolute atomic E-state index is 0. The van der Waals surface area contributed by atoms with Gasteiger partial charge in [-0.1, -0.05) is 123 Å². The summed E-state index contributed by atoms with van der Waals surface area (Å²) >= 11 is 0. The molecule has 0 saturated heterocycles. The number of imidazole rings is 1. The van der Waals surface area contributed by atoms with Crippen molar-refractivity contribution in [1.82, 2.24) is 18.9 Å². The number of pyridine rings is 2. The molecule has 0 radical (unpaired) electrons. The third-order valence-electron chi connectivity index (χ3n) is 11.1. The first-order valence-corrected chi connectivity index (χ1v) is 16.8. The molecule has 5 aromatic carbocycles. The molecule has 0 amide bonds. The summed E-state index contributed by atoms with van der Waals surface area (Å²) in [5.41, 5.74) is 8.46. The monoisotopic (exact) mass is 827 g/mol. The zero-order chi connectivity index (χ0) is 33.1. The predicted octanol–water partition coefficient (Wildman–Crippen LogP) is 10.8. The Kier molecular flexibility index (Phi) is 6.69. The molecule has 9 aromatic rings. The normalized spacial score (nSPS) is 14.6. The molecule has 244 valence electrons. The summed E-state index contributed by atoms with van der Waals surface area (Å²) in [4.78, 5) is 10.1. The Bertz CT molecular complexity index is 2800. The third kappa shape index (κ3) is 4.10. The van der Waals surface area contributed by atoms with Crippen LogP contribution in [0.4, 0.5) is 0 Å². The van der Waals surface area contributed by atoms with E-state index in [0.717, 1.165) is 55.3 Å². The van der Waals surface area contributed by atoms with Gasteiger partial charge in [-0.2, -0.15) is 6.07 Å². The fourth-order valence-electron chi connectivity index (χ4n) is 8.03. The van der Waals surface area contributed by atoms with Gasteiger partial charge in [0.1, 0.15) is 5.82 Å². The average Bonchev–Trinajstić information content (AvgIpc) is 3.69. The van der Waals surface area contributed by atoms with Gasteiger partial charge in [0, 0.05) is 50.8 Å². The molecule has 6 heteroatoms. The number of aromatic nitrogens is 4. The van der Waals surface area contributed by atoms with Crippen LogP contribution in [0.1, 0.15) is 39.0 Å². The molecule has 0 spiro atoms. The van der Waals surface area contributed by atoms with Gasteiger partial charge < -0.3 is 13.7 Å². The van der Waals surface area contributed by atoms with Gasteiger partial charge >= 0.3 is 21.1 Å². The van der Waals surface area contributed by atoms with Crippen LogP contribution in [0.25, 0.3) is 66.2 Å². The first-order chi connectivity index (χ1) is 23.8. The van der Waals surface area contributed by atoms with E-state index >= 15 is 0 Å². The fourth-order valence-corrected chi connectivity index (χ4v) is 8.03. The van der Waals surface area contributed by atoms with E-state index in [4.69, 9.17) is 9.72 Å². The SMILES string of the molecule is CC1(C)c2cccc3c4ccc(Oc5[c-]c6c(cc5)c5ccccc5n6-c5ccccn5)[c-]c4c4nc(-c5ccccc5)c(n4c23)C1(C)C.[Pt+2]. The molecule has 0 aliphatic carbocycles. The van der Waals surface area contributed by atoms with Gasteiger partial charge in [0.05, 0.1) is 11.3 Å². The number of rotatable bonds is 4. The van der Waals surface area contributed by atoms with Gasteiger partial charge in [-0.3, -0.25) is 4.98 Å². The van der Waals surface area contributed by atoms with E-state index < -0.39 is 0 Å². The molecule has 1 aliphatic rings. The predicted molar refractivity (Wildman–Crippen MR) is 198 cm³/mol. The van der Waals surface area contributed by atoms with Crippen molar-refractivity contribution in [3.63, 3.8) is 0 Å². The Morgan fingerprint density at radius 3 is 2.16 bits per heavy atom. The van der Waals surface area contributed by atoms with E-state index in [1.807, 2.05) is 36.5 Å². The van der Waals surface area contributed by atoms with Crippen LogP contribution in [-0.4, -0.2) is 18.9 Å². The zero-order valence-electron chi connectivity index (χ0n) is 28.1. The van der Waals surface area contributed by atoms with Crippen molar-refractivity contribution in [3.8, 4) is 28.6 Å². The Labute approximate surface area is 304 Å². The molecule has 0 fully saturated rings. The maximum absolute atomic E-state index is 6.59.